The molecule has 0 N–H and O–H groups in total. The van der Waals surface area contributed by atoms with Crippen molar-refractivity contribution in [3.63, 3.8) is 0 Å². The molecule has 4 aromatic rings. The zero-order valence-corrected chi connectivity index (χ0v) is 28.6. The molecule has 0 aliphatic carbocycles. The Bertz CT molecular complexity index is 1780. The van der Waals surface area contributed by atoms with Crippen LogP contribution in [0.4, 0.5) is 10.6 Å². The number of benzene rings is 2. The Labute approximate surface area is 294 Å². The fourth-order valence-electron chi connectivity index (χ4n) is 6.36. The van der Waals surface area contributed by atoms with E-state index >= 15 is 0 Å². The number of hydrogen-bond acceptors (Lipinski definition) is 9. The average molecular weight is 708 g/mol. The monoisotopic (exact) mass is 706 g/mol. The molecule has 2 aromatic carbocycles. The van der Waals surface area contributed by atoms with Crippen molar-refractivity contribution in [1.82, 2.24) is 9.88 Å². The van der Waals surface area contributed by atoms with Crippen molar-refractivity contribution in [2.75, 3.05) is 38.8 Å². The standard InChI is InChI=1S/C36H36Cl2N4O7/c1-46-30-10-9-25(17-32(30)47-2)31(18-27-28(37)20-41(45)21-29(27)38)48-35(43)26-7-5-6-23(16-26)19-42(34-8-3-4-13-39-34)36(44)49-33-22-40-14-11-24(33)12-15-40/h3-10,13,16-17,20-21,24,31,33H,11-12,14-15,18-19,22H2,1-2H3/t31-,33-/m0/s1. The number of hydrogen-bond donors (Lipinski definition) is 0. The lowest BCUT2D eigenvalue weighted by atomic mass is 9.86. The van der Waals surface area contributed by atoms with Crippen molar-refractivity contribution >= 4 is 41.1 Å². The Hall–Kier alpha value is -4.58. The minimum atomic E-state index is -0.880. The van der Waals surface area contributed by atoms with E-state index < -0.39 is 18.2 Å². The fraction of sp³-hybridized carbons (Fsp3) is 0.333. The Balaban J connectivity index is 1.25. The van der Waals surface area contributed by atoms with Crippen LogP contribution >= 0.6 is 23.2 Å². The van der Waals surface area contributed by atoms with E-state index in [0.717, 1.165) is 32.5 Å². The van der Waals surface area contributed by atoms with Crippen molar-refractivity contribution < 1.29 is 33.3 Å². The van der Waals surface area contributed by atoms with Crippen molar-refractivity contribution in [2.24, 2.45) is 5.92 Å². The van der Waals surface area contributed by atoms with Crippen LogP contribution in [0.2, 0.25) is 10.0 Å². The van der Waals surface area contributed by atoms with Gasteiger partial charge in [-0.2, -0.15) is 4.73 Å². The summed E-state index contributed by atoms with van der Waals surface area (Å²) in [6.07, 6.45) is 4.54. The van der Waals surface area contributed by atoms with Crippen LogP contribution in [0, 0.1) is 11.1 Å². The minimum Gasteiger partial charge on any atom is -0.619 e. The van der Waals surface area contributed by atoms with Gasteiger partial charge in [0.25, 0.3) is 0 Å². The zero-order valence-electron chi connectivity index (χ0n) is 27.1. The number of halogens is 2. The molecule has 0 radical (unpaired) electrons. The molecule has 11 nitrogen and oxygen atoms in total. The van der Waals surface area contributed by atoms with Crippen LogP contribution in [0.1, 0.15) is 46.0 Å². The number of amides is 1. The lowest BCUT2D eigenvalue weighted by molar-refractivity contribution is -0.605. The van der Waals surface area contributed by atoms with Gasteiger partial charge in [0.2, 0.25) is 0 Å². The van der Waals surface area contributed by atoms with Crippen LogP contribution in [0.15, 0.2) is 79.3 Å². The van der Waals surface area contributed by atoms with Gasteiger partial charge in [-0.05, 0) is 79.4 Å². The number of nitrogens with zero attached hydrogens (tertiary/aromatic N) is 4. The van der Waals surface area contributed by atoms with Gasteiger partial charge in [-0.3, -0.25) is 9.80 Å². The lowest BCUT2D eigenvalue weighted by Gasteiger charge is -2.44. The number of pyridine rings is 2. The predicted molar refractivity (Wildman–Crippen MR) is 183 cm³/mol. The Morgan fingerprint density at radius 2 is 1.76 bits per heavy atom. The molecule has 7 rings (SSSR count). The number of rotatable bonds is 11. The van der Waals surface area contributed by atoms with E-state index in [-0.39, 0.29) is 34.7 Å². The maximum Gasteiger partial charge on any atom is 0.416 e. The van der Waals surface area contributed by atoms with Gasteiger partial charge in [0.1, 0.15) is 28.1 Å². The van der Waals surface area contributed by atoms with Crippen molar-refractivity contribution in [1.29, 1.82) is 0 Å². The number of piperidine rings is 3. The second kappa shape index (κ2) is 15.3. The Morgan fingerprint density at radius 3 is 2.41 bits per heavy atom. The van der Waals surface area contributed by atoms with Crippen LogP contribution < -0.4 is 19.1 Å². The molecule has 3 aliphatic rings. The highest BCUT2D eigenvalue weighted by Crippen LogP contribution is 2.36. The van der Waals surface area contributed by atoms with Gasteiger partial charge in [-0.25, -0.2) is 14.6 Å². The third-order valence-corrected chi connectivity index (χ3v) is 9.63. The predicted octanol–water partition coefficient (Wildman–Crippen LogP) is 6.42. The van der Waals surface area contributed by atoms with Gasteiger partial charge < -0.3 is 24.2 Å². The van der Waals surface area contributed by atoms with E-state index in [0.29, 0.717) is 44.7 Å². The summed E-state index contributed by atoms with van der Waals surface area (Å²) in [6, 6.07) is 17.4. The summed E-state index contributed by atoms with van der Waals surface area (Å²) >= 11 is 12.8. The summed E-state index contributed by atoms with van der Waals surface area (Å²) in [5.74, 6) is 1.09. The number of aromatic nitrogens is 2. The smallest absolute Gasteiger partial charge is 0.416 e. The Kier molecular flexibility index (Phi) is 10.7. The van der Waals surface area contributed by atoms with E-state index in [2.05, 4.69) is 9.88 Å². The summed E-state index contributed by atoms with van der Waals surface area (Å²) in [5.41, 5.74) is 1.95. The third-order valence-electron chi connectivity index (χ3n) is 8.97. The molecule has 256 valence electrons. The van der Waals surface area contributed by atoms with Crippen molar-refractivity contribution in [2.45, 2.75) is 38.0 Å². The maximum atomic E-state index is 13.8. The first-order chi connectivity index (χ1) is 23.7. The zero-order chi connectivity index (χ0) is 34.5. The average Bonchev–Trinajstić information content (AvgIpc) is 3.12. The van der Waals surface area contributed by atoms with Gasteiger partial charge in [0.15, 0.2) is 23.9 Å². The lowest BCUT2D eigenvalue weighted by Crippen LogP contribution is -2.53. The van der Waals surface area contributed by atoms with Crippen LogP contribution in [0.25, 0.3) is 0 Å². The second-order valence-corrected chi connectivity index (χ2v) is 12.9. The largest absolute Gasteiger partial charge is 0.619 e. The Morgan fingerprint density at radius 1 is 1.00 bits per heavy atom. The van der Waals surface area contributed by atoms with Gasteiger partial charge in [0, 0.05) is 24.7 Å². The molecule has 1 amide bonds. The van der Waals surface area contributed by atoms with Gasteiger partial charge >= 0.3 is 12.1 Å². The van der Waals surface area contributed by atoms with Crippen LogP contribution in [0.3, 0.4) is 0 Å². The molecule has 13 heteroatoms. The molecule has 0 unspecified atom stereocenters. The number of methoxy groups -OCH3 is 2. The van der Waals surface area contributed by atoms with Crippen LogP contribution in [-0.2, 0) is 22.4 Å². The molecule has 2 bridgehead atoms. The first-order valence-corrected chi connectivity index (χ1v) is 16.7. The van der Waals surface area contributed by atoms with Crippen LogP contribution in [0.5, 0.6) is 11.5 Å². The molecular formula is C36H36Cl2N4O7. The number of carbonyl (C=O) groups excluding carboxylic acids is 2. The number of carbonyl (C=O) groups is 2. The van der Waals surface area contributed by atoms with E-state index in [4.69, 9.17) is 42.1 Å². The summed E-state index contributed by atoms with van der Waals surface area (Å²) in [4.78, 5) is 35.7. The molecule has 3 aliphatic heterocycles. The van der Waals surface area contributed by atoms with E-state index in [1.807, 2.05) is 6.07 Å². The molecule has 3 saturated heterocycles. The maximum absolute atomic E-state index is 13.8. The molecule has 5 heterocycles. The van der Waals surface area contributed by atoms with E-state index in [1.54, 1.807) is 60.8 Å². The number of ether oxygens (including phenoxy) is 4. The highest BCUT2D eigenvalue weighted by atomic mass is 35.5. The SMILES string of the molecule is COc1ccc([C@H](Cc2c(Cl)c[n+]([O-])cc2Cl)OC(=O)c2cccc(CN(C(=O)O[C@H]3CN4CCC3CC4)c3ccccn3)c2)cc1OC. The minimum absolute atomic E-state index is 0.0678. The van der Waals surface area contributed by atoms with Gasteiger partial charge in [-0.15, -0.1) is 0 Å². The summed E-state index contributed by atoms with van der Waals surface area (Å²) < 4.78 is 23.5. The molecular weight excluding hydrogens is 671 g/mol. The highest BCUT2D eigenvalue weighted by molar-refractivity contribution is 6.35. The molecule has 0 spiro atoms. The number of esters is 1. The molecule has 3 fully saturated rings. The van der Waals surface area contributed by atoms with Gasteiger partial charge in [0.05, 0.1) is 26.3 Å². The van der Waals surface area contributed by atoms with E-state index in [9.17, 15) is 14.8 Å². The second-order valence-electron chi connectivity index (χ2n) is 12.0. The van der Waals surface area contributed by atoms with E-state index in [1.165, 1.54) is 31.5 Å². The number of anilines is 1. The quantitative estimate of drug-likeness (QED) is 0.0990. The first kappa shape index (κ1) is 34.3. The summed E-state index contributed by atoms with van der Waals surface area (Å²) in [5, 5.41) is 12.2. The van der Waals surface area contributed by atoms with Crippen molar-refractivity contribution in [3.8, 4) is 11.5 Å². The first-order valence-electron chi connectivity index (χ1n) is 15.9. The normalized spacial score (nSPS) is 18.7. The third kappa shape index (κ3) is 8.01. The molecule has 2 aromatic heterocycles. The van der Waals surface area contributed by atoms with Crippen LogP contribution in [-0.4, -0.2) is 61.9 Å². The summed E-state index contributed by atoms with van der Waals surface area (Å²) in [7, 11) is 3.03. The molecule has 49 heavy (non-hydrogen) atoms. The topological polar surface area (TPSA) is 117 Å². The fourth-order valence-corrected chi connectivity index (χ4v) is 6.96. The number of fused-ring (bicyclic) bond motifs is 3. The highest BCUT2D eigenvalue weighted by Gasteiger charge is 2.37. The van der Waals surface area contributed by atoms with Crippen molar-refractivity contribution in [3.05, 3.63) is 117 Å². The molecule has 0 saturated carbocycles. The molecule has 2 atom stereocenters. The van der Waals surface area contributed by atoms with Gasteiger partial charge in [-0.1, -0.05) is 47.5 Å². The summed E-state index contributed by atoms with van der Waals surface area (Å²) in [6.45, 7) is 2.90.